The van der Waals surface area contributed by atoms with E-state index in [4.69, 9.17) is 9.47 Å². The van der Waals surface area contributed by atoms with Gasteiger partial charge in [0.2, 0.25) is 0 Å². The molecule has 1 N–H and O–H groups in total. The standard InChI is InChI=1S/C20H17BrN4O5/c1-29-19-11-14(21)4-9-18(19)30-13-20(26)23-22-12-17-3-2-10-24(17)15-5-7-16(8-6-15)25(27)28/h2-12H,13H2,1H3,(H,23,26). The van der Waals surface area contributed by atoms with Gasteiger partial charge in [-0.25, -0.2) is 5.43 Å². The summed E-state index contributed by atoms with van der Waals surface area (Å²) in [5.74, 6) is 0.498. The molecule has 9 nitrogen and oxygen atoms in total. The molecule has 30 heavy (non-hydrogen) atoms. The Morgan fingerprint density at radius 2 is 2.00 bits per heavy atom. The Balaban J connectivity index is 1.59. The first kappa shape index (κ1) is 21.1. The number of benzene rings is 2. The van der Waals surface area contributed by atoms with Crippen LogP contribution >= 0.6 is 15.9 Å². The second-order valence-electron chi connectivity index (χ2n) is 5.95. The van der Waals surface area contributed by atoms with E-state index in [2.05, 4.69) is 26.5 Å². The number of aromatic nitrogens is 1. The Labute approximate surface area is 180 Å². The Morgan fingerprint density at radius 3 is 2.70 bits per heavy atom. The zero-order chi connectivity index (χ0) is 21.5. The van der Waals surface area contributed by atoms with Gasteiger partial charge in [-0.3, -0.25) is 14.9 Å². The number of amides is 1. The van der Waals surface area contributed by atoms with Gasteiger partial charge in [0.1, 0.15) is 0 Å². The van der Waals surface area contributed by atoms with E-state index in [9.17, 15) is 14.9 Å². The molecule has 3 aromatic rings. The van der Waals surface area contributed by atoms with Crippen LogP contribution in [0.5, 0.6) is 11.5 Å². The average molecular weight is 473 g/mol. The SMILES string of the molecule is COc1cc(Br)ccc1OCC(=O)NN=Cc1cccn1-c1ccc([N+](=O)[O-])cc1. The van der Waals surface area contributed by atoms with E-state index in [1.807, 2.05) is 0 Å². The van der Waals surface area contributed by atoms with Gasteiger partial charge in [-0.05, 0) is 42.5 Å². The largest absolute Gasteiger partial charge is 0.493 e. The summed E-state index contributed by atoms with van der Waals surface area (Å²) in [5.41, 5.74) is 3.81. The molecule has 0 saturated carbocycles. The number of methoxy groups -OCH3 is 1. The highest BCUT2D eigenvalue weighted by Crippen LogP contribution is 2.30. The summed E-state index contributed by atoms with van der Waals surface area (Å²) in [6.07, 6.45) is 3.26. The van der Waals surface area contributed by atoms with Crippen LogP contribution in [0.1, 0.15) is 5.69 Å². The Bertz CT molecular complexity index is 1080. The summed E-state index contributed by atoms with van der Waals surface area (Å²) in [4.78, 5) is 22.3. The molecular weight excluding hydrogens is 456 g/mol. The molecule has 0 bridgehead atoms. The maximum atomic E-state index is 12.0. The van der Waals surface area contributed by atoms with Gasteiger partial charge in [-0.15, -0.1) is 0 Å². The van der Waals surface area contributed by atoms with E-state index in [1.165, 1.54) is 25.5 Å². The van der Waals surface area contributed by atoms with Crippen LogP contribution < -0.4 is 14.9 Å². The fraction of sp³-hybridized carbons (Fsp3) is 0.100. The van der Waals surface area contributed by atoms with Crippen molar-refractivity contribution in [2.45, 2.75) is 0 Å². The third-order valence-electron chi connectivity index (χ3n) is 3.99. The van der Waals surface area contributed by atoms with Crippen LogP contribution in [-0.4, -0.2) is 35.3 Å². The van der Waals surface area contributed by atoms with Crippen molar-refractivity contribution in [2.24, 2.45) is 5.10 Å². The summed E-state index contributed by atoms with van der Waals surface area (Å²) >= 11 is 3.34. The lowest BCUT2D eigenvalue weighted by Crippen LogP contribution is -2.24. The van der Waals surface area contributed by atoms with Crippen molar-refractivity contribution >= 4 is 33.7 Å². The van der Waals surface area contributed by atoms with Gasteiger partial charge in [-0.2, -0.15) is 5.10 Å². The van der Waals surface area contributed by atoms with Crippen molar-refractivity contribution in [1.29, 1.82) is 0 Å². The number of ether oxygens (including phenoxy) is 2. The zero-order valence-corrected chi connectivity index (χ0v) is 17.4. The van der Waals surface area contributed by atoms with Crippen molar-refractivity contribution < 1.29 is 19.2 Å². The molecule has 0 unspecified atom stereocenters. The van der Waals surface area contributed by atoms with Gasteiger partial charge in [0, 0.05) is 28.5 Å². The monoisotopic (exact) mass is 472 g/mol. The number of rotatable bonds is 8. The minimum atomic E-state index is -0.455. The first-order valence-corrected chi connectivity index (χ1v) is 9.47. The van der Waals surface area contributed by atoms with E-state index in [0.717, 1.165) is 10.2 Å². The predicted octanol–water partition coefficient (Wildman–Crippen LogP) is 3.69. The quantitative estimate of drug-likeness (QED) is 0.305. The molecule has 1 heterocycles. The number of hydrogen-bond acceptors (Lipinski definition) is 6. The predicted molar refractivity (Wildman–Crippen MR) is 114 cm³/mol. The smallest absolute Gasteiger partial charge is 0.277 e. The van der Waals surface area contributed by atoms with E-state index < -0.39 is 10.8 Å². The summed E-state index contributed by atoms with van der Waals surface area (Å²) in [6, 6.07) is 14.9. The molecule has 0 saturated heterocycles. The molecule has 0 fully saturated rings. The highest BCUT2D eigenvalue weighted by Gasteiger charge is 2.09. The van der Waals surface area contributed by atoms with Crippen molar-refractivity contribution in [3.05, 3.63) is 81.1 Å². The zero-order valence-electron chi connectivity index (χ0n) is 15.8. The van der Waals surface area contributed by atoms with Crippen LogP contribution in [0.25, 0.3) is 5.69 Å². The highest BCUT2D eigenvalue weighted by atomic mass is 79.9. The number of carbonyl (C=O) groups is 1. The lowest BCUT2D eigenvalue weighted by molar-refractivity contribution is -0.384. The third-order valence-corrected chi connectivity index (χ3v) is 4.48. The van der Waals surface area contributed by atoms with E-state index in [-0.39, 0.29) is 12.3 Å². The molecule has 2 aromatic carbocycles. The van der Waals surface area contributed by atoms with E-state index in [1.54, 1.807) is 53.2 Å². The number of nitrogens with zero attached hydrogens (tertiary/aromatic N) is 3. The summed E-state index contributed by atoms with van der Waals surface area (Å²) in [6.45, 7) is -0.237. The number of halogens is 1. The molecule has 10 heteroatoms. The van der Waals surface area contributed by atoms with E-state index >= 15 is 0 Å². The van der Waals surface area contributed by atoms with Gasteiger partial charge >= 0.3 is 0 Å². The third kappa shape index (κ3) is 5.23. The number of carbonyl (C=O) groups excluding carboxylic acids is 1. The van der Waals surface area contributed by atoms with Gasteiger partial charge in [0.05, 0.1) is 23.9 Å². The van der Waals surface area contributed by atoms with Crippen molar-refractivity contribution in [3.63, 3.8) is 0 Å². The molecule has 3 rings (SSSR count). The van der Waals surface area contributed by atoms with Gasteiger partial charge in [-0.1, -0.05) is 15.9 Å². The molecule has 0 aliphatic carbocycles. The van der Waals surface area contributed by atoms with Gasteiger partial charge < -0.3 is 14.0 Å². The number of nitro benzene ring substituents is 1. The van der Waals surface area contributed by atoms with Crippen LogP contribution in [0.3, 0.4) is 0 Å². The number of hydrazone groups is 1. The lowest BCUT2D eigenvalue weighted by atomic mass is 10.3. The number of non-ortho nitro benzene ring substituents is 1. The first-order chi connectivity index (χ1) is 14.5. The van der Waals surface area contributed by atoms with Crippen LogP contribution in [0.2, 0.25) is 0 Å². The van der Waals surface area contributed by atoms with Crippen molar-refractivity contribution in [3.8, 4) is 17.2 Å². The molecule has 0 aliphatic rings. The maximum Gasteiger partial charge on any atom is 0.277 e. The van der Waals surface area contributed by atoms with Crippen LogP contribution in [-0.2, 0) is 4.79 Å². The average Bonchev–Trinajstić information content (AvgIpc) is 3.21. The van der Waals surface area contributed by atoms with Gasteiger partial charge in [0.25, 0.3) is 11.6 Å². The fourth-order valence-electron chi connectivity index (χ4n) is 2.58. The number of hydrogen-bond donors (Lipinski definition) is 1. The normalized spacial score (nSPS) is 10.7. The van der Waals surface area contributed by atoms with Crippen LogP contribution in [0.4, 0.5) is 5.69 Å². The molecule has 154 valence electrons. The van der Waals surface area contributed by atoms with Gasteiger partial charge in [0.15, 0.2) is 18.1 Å². The lowest BCUT2D eigenvalue weighted by Gasteiger charge is -2.10. The minimum Gasteiger partial charge on any atom is -0.493 e. The molecule has 0 spiro atoms. The second kappa shape index (κ2) is 9.70. The van der Waals surface area contributed by atoms with Crippen molar-refractivity contribution in [1.82, 2.24) is 9.99 Å². The van der Waals surface area contributed by atoms with E-state index in [0.29, 0.717) is 17.2 Å². The number of nitrogens with one attached hydrogen (secondary N) is 1. The summed E-state index contributed by atoms with van der Waals surface area (Å²) in [7, 11) is 1.51. The summed E-state index contributed by atoms with van der Waals surface area (Å²) in [5, 5.41) is 14.7. The number of nitro groups is 1. The summed E-state index contributed by atoms with van der Waals surface area (Å²) < 4.78 is 13.3. The Hall–Kier alpha value is -3.66. The first-order valence-electron chi connectivity index (χ1n) is 8.68. The van der Waals surface area contributed by atoms with Crippen LogP contribution in [0.15, 0.2) is 70.4 Å². The molecule has 0 atom stereocenters. The Morgan fingerprint density at radius 1 is 1.23 bits per heavy atom. The van der Waals surface area contributed by atoms with Crippen molar-refractivity contribution in [2.75, 3.05) is 13.7 Å². The fourth-order valence-corrected chi connectivity index (χ4v) is 2.92. The highest BCUT2D eigenvalue weighted by molar-refractivity contribution is 9.10. The molecule has 0 radical (unpaired) electrons. The molecule has 0 aliphatic heterocycles. The molecule has 1 amide bonds. The minimum absolute atomic E-state index is 0.00999. The topological polar surface area (TPSA) is 108 Å². The maximum absolute atomic E-state index is 12.0. The molecular formula is C20H17BrN4O5. The Kier molecular flexibility index (Phi) is 6.81. The molecule has 1 aromatic heterocycles. The van der Waals surface area contributed by atoms with Crippen LogP contribution in [0, 0.1) is 10.1 Å². The second-order valence-corrected chi connectivity index (χ2v) is 6.87.